The molecular weight excluding hydrogens is 360 g/mol. The van der Waals surface area contributed by atoms with Crippen LogP contribution in [0.5, 0.6) is 0 Å². The number of hydrogen-bond donors (Lipinski definition) is 1. The molecule has 0 saturated heterocycles. The SMILES string of the molecule is CCOCC(O)CC(C)(C)C(C)(C)OC(COC)CC(C)(C)Br. The summed E-state index contributed by atoms with van der Waals surface area (Å²) in [4.78, 5) is 0. The Balaban J connectivity index is 4.88. The van der Waals surface area contributed by atoms with Gasteiger partial charge in [0.2, 0.25) is 0 Å². The van der Waals surface area contributed by atoms with Gasteiger partial charge in [0.15, 0.2) is 0 Å². The summed E-state index contributed by atoms with van der Waals surface area (Å²) in [7, 11) is 1.70. The number of ether oxygens (including phenoxy) is 3. The van der Waals surface area contributed by atoms with Crippen molar-refractivity contribution in [3.05, 3.63) is 0 Å². The Labute approximate surface area is 151 Å². The molecule has 0 aliphatic heterocycles. The standard InChI is InChI=1S/C18H37BrO4/c1-9-22-12-14(20)10-16(2,3)18(6,7)23-15(13-21-8)11-17(4,5)19/h14-15,20H,9-13H2,1-8H3. The second kappa shape index (κ2) is 9.71. The van der Waals surface area contributed by atoms with Gasteiger partial charge in [-0.15, -0.1) is 0 Å². The summed E-state index contributed by atoms with van der Waals surface area (Å²) in [6.07, 6.45) is 0.980. The molecule has 0 aliphatic carbocycles. The van der Waals surface area contributed by atoms with Crippen molar-refractivity contribution >= 4 is 15.9 Å². The zero-order valence-corrected chi connectivity index (χ0v) is 17.8. The minimum Gasteiger partial charge on any atom is -0.391 e. The maximum Gasteiger partial charge on any atom is 0.0829 e. The molecule has 140 valence electrons. The van der Waals surface area contributed by atoms with E-state index in [9.17, 15) is 5.11 Å². The first-order chi connectivity index (χ1) is 10.3. The van der Waals surface area contributed by atoms with Crippen molar-refractivity contribution in [1.82, 2.24) is 0 Å². The van der Waals surface area contributed by atoms with Gasteiger partial charge in [-0.1, -0.05) is 29.8 Å². The molecule has 2 atom stereocenters. The van der Waals surface area contributed by atoms with Gasteiger partial charge in [-0.3, -0.25) is 0 Å². The van der Waals surface area contributed by atoms with Crippen molar-refractivity contribution in [2.75, 3.05) is 26.9 Å². The normalized spacial score (nSPS) is 16.4. The number of aliphatic hydroxyl groups excluding tert-OH is 1. The molecule has 0 aromatic rings. The van der Waals surface area contributed by atoms with E-state index in [0.717, 1.165) is 6.42 Å². The van der Waals surface area contributed by atoms with Crippen LogP contribution in [0, 0.1) is 5.41 Å². The van der Waals surface area contributed by atoms with E-state index >= 15 is 0 Å². The van der Waals surface area contributed by atoms with E-state index in [0.29, 0.717) is 26.2 Å². The first-order valence-corrected chi connectivity index (χ1v) is 9.25. The molecule has 1 N–H and O–H groups in total. The summed E-state index contributed by atoms with van der Waals surface area (Å²) in [6.45, 7) is 16.2. The van der Waals surface area contributed by atoms with E-state index in [-0.39, 0.29) is 15.8 Å². The molecule has 0 aromatic carbocycles. The lowest BCUT2D eigenvalue weighted by Crippen LogP contribution is -2.48. The monoisotopic (exact) mass is 396 g/mol. The molecule has 2 unspecified atom stereocenters. The van der Waals surface area contributed by atoms with Crippen LogP contribution in [-0.2, 0) is 14.2 Å². The van der Waals surface area contributed by atoms with Gasteiger partial charge in [0, 0.05) is 18.0 Å². The van der Waals surface area contributed by atoms with Crippen LogP contribution in [0.15, 0.2) is 0 Å². The van der Waals surface area contributed by atoms with Crippen LogP contribution in [0.2, 0.25) is 0 Å². The molecule has 0 spiro atoms. The second-order valence-electron chi connectivity index (χ2n) is 8.03. The average molecular weight is 397 g/mol. The van der Waals surface area contributed by atoms with E-state index in [2.05, 4.69) is 57.5 Å². The van der Waals surface area contributed by atoms with Crippen LogP contribution in [0.4, 0.5) is 0 Å². The van der Waals surface area contributed by atoms with Crippen molar-refractivity contribution in [3.63, 3.8) is 0 Å². The zero-order chi connectivity index (χ0) is 18.3. The van der Waals surface area contributed by atoms with Crippen LogP contribution in [0.1, 0.15) is 61.3 Å². The molecule has 0 heterocycles. The summed E-state index contributed by atoms with van der Waals surface area (Å²) in [6, 6.07) is 0. The van der Waals surface area contributed by atoms with Crippen LogP contribution < -0.4 is 0 Å². The Morgan fingerprint density at radius 3 is 2.00 bits per heavy atom. The Bertz CT molecular complexity index is 323. The minimum atomic E-state index is -0.485. The highest BCUT2D eigenvalue weighted by molar-refractivity contribution is 9.10. The lowest BCUT2D eigenvalue weighted by Gasteiger charge is -2.45. The lowest BCUT2D eigenvalue weighted by molar-refractivity contribution is -0.163. The van der Waals surface area contributed by atoms with Gasteiger partial charge in [-0.05, 0) is 52.9 Å². The molecule has 0 aromatic heterocycles. The fourth-order valence-corrected chi connectivity index (χ4v) is 2.95. The third-order valence-electron chi connectivity index (χ3n) is 4.42. The highest BCUT2D eigenvalue weighted by Gasteiger charge is 2.41. The second-order valence-corrected chi connectivity index (χ2v) is 10.2. The van der Waals surface area contributed by atoms with Gasteiger partial charge in [0.1, 0.15) is 0 Å². The van der Waals surface area contributed by atoms with Crippen LogP contribution >= 0.6 is 15.9 Å². The third kappa shape index (κ3) is 9.40. The van der Waals surface area contributed by atoms with Gasteiger partial charge < -0.3 is 19.3 Å². The lowest BCUT2D eigenvalue weighted by atomic mass is 9.73. The van der Waals surface area contributed by atoms with Crippen molar-refractivity contribution in [2.45, 2.75) is 83.4 Å². The van der Waals surface area contributed by atoms with E-state index < -0.39 is 11.7 Å². The minimum absolute atomic E-state index is 0.00677. The summed E-state index contributed by atoms with van der Waals surface area (Å²) < 4.78 is 17.1. The molecule has 0 fully saturated rings. The summed E-state index contributed by atoms with van der Waals surface area (Å²) >= 11 is 3.68. The first kappa shape index (κ1) is 23.3. The van der Waals surface area contributed by atoms with Gasteiger partial charge in [-0.25, -0.2) is 0 Å². The molecule has 0 rings (SSSR count). The van der Waals surface area contributed by atoms with Gasteiger partial charge in [0.05, 0.1) is 31.0 Å². The highest BCUT2D eigenvalue weighted by Crippen LogP contribution is 2.40. The maximum absolute atomic E-state index is 10.2. The quantitative estimate of drug-likeness (QED) is 0.502. The van der Waals surface area contributed by atoms with E-state index in [4.69, 9.17) is 14.2 Å². The molecule has 23 heavy (non-hydrogen) atoms. The molecule has 5 heteroatoms. The molecule has 0 amide bonds. The summed E-state index contributed by atoms with van der Waals surface area (Å²) in [5.74, 6) is 0. The van der Waals surface area contributed by atoms with Crippen molar-refractivity contribution in [2.24, 2.45) is 5.41 Å². The Hall–Kier alpha value is 0.320. The van der Waals surface area contributed by atoms with E-state index in [1.165, 1.54) is 0 Å². The van der Waals surface area contributed by atoms with Crippen LogP contribution in [0.3, 0.4) is 0 Å². The van der Waals surface area contributed by atoms with Gasteiger partial charge in [-0.2, -0.15) is 0 Å². The van der Waals surface area contributed by atoms with Crippen molar-refractivity contribution in [1.29, 1.82) is 0 Å². The molecule has 0 bridgehead atoms. The average Bonchev–Trinajstić information content (AvgIpc) is 2.33. The fraction of sp³-hybridized carbons (Fsp3) is 1.00. The van der Waals surface area contributed by atoms with Crippen LogP contribution in [0.25, 0.3) is 0 Å². The highest BCUT2D eigenvalue weighted by atomic mass is 79.9. The largest absolute Gasteiger partial charge is 0.391 e. The Morgan fingerprint density at radius 1 is 1.00 bits per heavy atom. The number of hydrogen-bond acceptors (Lipinski definition) is 4. The Morgan fingerprint density at radius 2 is 1.57 bits per heavy atom. The molecule has 0 aliphatic rings. The van der Waals surface area contributed by atoms with Crippen molar-refractivity contribution in [3.8, 4) is 0 Å². The van der Waals surface area contributed by atoms with Crippen LogP contribution in [-0.4, -0.2) is 54.2 Å². The predicted octanol–water partition coefficient (Wildman–Crippen LogP) is 4.17. The molecule has 0 saturated carbocycles. The Kier molecular flexibility index (Phi) is 9.85. The number of aliphatic hydroxyl groups is 1. The molecular formula is C18H37BrO4. The number of alkyl halides is 1. The van der Waals surface area contributed by atoms with Gasteiger partial charge >= 0.3 is 0 Å². The predicted molar refractivity (Wildman–Crippen MR) is 99.3 cm³/mol. The number of halogens is 1. The summed E-state index contributed by atoms with van der Waals surface area (Å²) in [5.41, 5.74) is -0.604. The first-order valence-electron chi connectivity index (χ1n) is 8.46. The third-order valence-corrected chi connectivity index (χ3v) is 4.74. The molecule has 0 radical (unpaired) electrons. The number of rotatable bonds is 12. The zero-order valence-electron chi connectivity index (χ0n) is 16.2. The van der Waals surface area contributed by atoms with E-state index in [1.807, 2.05) is 6.92 Å². The van der Waals surface area contributed by atoms with E-state index in [1.54, 1.807) is 7.11 Å². The summed E-state index contributed by atoms with van der Waals surface area (Å²) in [5, 5.41) is 10.2. The molecule has 4 nitrogen and oxygen atoms in total. The smallest absolute Gasteiger partial charge is 0.0829 e. The maximum atomic E-state index is 10.2. The fourth-order valence-electron chi connectivity index (χ4n) is 2.59. The number of methoxy groups -OCH3 is 1. The van der Waals surface area contributed by atoms with Crippen molar-refractivity contribution < 1.29 is 19.3 Å². The van der Waals surface area contributed by atoms with Gasteiger partial charge in [0.25, 0.3) is 0 Å². The topological polar surface area (TPSA) is 47.9 Å².